The van der Waals surface area contributed by atoms with E-state index in [1.165, 1.54) is 0 Å². The van der Waals surface area contributed by atoms with Gasteiger partial charge in [-0.1, -0.05) is 0 Å². The van der Waals surface area contributed by atoms with Crippen LogP contribution in [0.2, 0.25) is 0 Å². The second-order valence-corrected chi connectivity index (χ2v) is 5.10. The monoisotopic (exact) mass is 287 g/mol. The molecule has 0 unspecified atom stereocenters. The summed E-state index contributed by atoms with van der Waals surface area (Å²) >= 11 is 0. The highest BCUT2D eigenvalue weighted by molar-refractivity contribution is 5.94. The smallest absolute Gasteiger partial charge is 0.251 e. The van der Waals surface area contributed by atoms with E-state index in [9.17, 15) is 4.79 Å². The number of amides is 1. The molecule has 0 radical (unpaired) electrons. The number of hydrogen-bond donors (Lipinski definition) is 1. The Labute approximate surface area is 125 Å². The van der Waals surface area contributed by atoms with Gasteiger partial charge in [-0.3, -0.25) is 4.79 Å². The minimum atomic E-state index is -0.0586. The zero-order valence-corrected chi connectivity index (χ0v) is 12.5. The van der Waals surface area contributed by atoms with Gasteiger partial charge in [-0.25, -0.2) is 4.98 Å². The normalized spacial score (nSPS) is 10.6. The zero-order chi connectivity index (χ0) is 15.1. The van der Waals surface area contributed by atoms with E-state index in [1.807, 2.05) is 36.7 Å². The Balaban J connectivity index is 1.75. The molecule has 1 N–H and O–H groups in total. The van der Waals surface area contributed by atoms with Gasteiger partial charge >= 0.3 is 0 Å². The van der Waals surface area contributed by atoms with E-state index in [2.05, 4.69) is 10.3 Å². The second kappa shape index (κ2) is 7.47. The van der Waals surface area contributed by atoms with E-state index < -0.39 is 0 Å². The Morgan fingerprint density at radius 1 is 1.33 bits per heavy atom. The van der Waals surface area contributed by atoms with Gasteiger partial charge in [0.1, 0.15) is 5.75 Å². The molecule has 5 nitrogen and oxygen atoms in total. The maximum Gasteiger partial charge on any atom is 0.251 e. The number of carbonyl (C=O) groups is 1. The van der Waals surface area contributed by atoms with Crippen molar-refractivity contribution in [2.45, 2.75) is 32.9 Å². The van der Waals surface area contributed by atoms with Crippen molar-refractivity contribution in [1.82, 2.24) is 14.9 Å². The summed E-state index contributed by atoms with van der Waals surface area (Å²) in [7, 11) is 0. The van der Waals surface area contributed by atoms with Gasteiger partial charge in [0.15, 0.2) is 0 Å². The summed E-state index contributed by atoms with van der Waals surface area (Å²) in [5, 5.41) is 2.91. The fourth-order valence-corrected chi connectivity index (χ4v) is 1.94. The van der Waals surface area contributed by atoms with E-state index in [0.29, 0.717) is 12.1 Å². The highest BCUT2D eigenvalue weighted by Gasteiger charge is 2.05. The van der Waals surface area contributed by atoms with Crippen LogP contribution in [0, 0.1) is 0 Å². The Bertz CT molecular complexity index is 547. The number of nitrogens with zero attached hydrogens (tertiary/aromatic N) is 2. The average Bonchev–Trinajstić information content (AvgIpc) is 2.97. The van der Waals surface area contributed by atoms with E-state index >= 15 is 0 Å². The van der Waals surface area contributed by atoms with E-state index in [0.717, 1.165) is 18.7 Å². The Kier molecular flexibility index (Phi) is 5.37. The van der Waals surface area contributed by atoms with Crippen LogP contribution in [0.5, 0.6) is 5.75 Å². The summed E-state index contributed by atoms with van der Waals surface area (Å²) in [6, 6.07) is 7.20. The molecule has 0 bridgehead atoms. The minimum absolute atomic E-state index is 0.0586. The molecule has 2 aromatic rings. The summed E-state index contributed by atoms with van der Waals surface area (Å²) < 4.78 is 7.54. The fourth-order valence-electron chi connectivity index (χ4n) is 1.94. The quantitative estimate of drug-likeness (QED) is 0.796. The molecule has 0 aliphatic rings. The number of rotatable bonds is 7. The van der Waals surface area contributed by atoms with Crippen LogP contribution in [0.4, 0.5) is 0 Å². The Hall–Kier alpha value is -2.30. The van der Waals surface area contributed by atoms with Crippen molar-refractivity contribution in [2.75, 3.05) is 6.54 Å². The van der Waals surface area contributed by atoms with Crippen LogP contribution < -0.4 is 10.1 Å². The third-order valence-electron chi connectivity index (χ3n) is 2.93. The summed E-state index contributed by atoms with van der Waals surface area (Å²) in [6.45, 7) is 5.44. The molecular formula is C16H21N3O2. The molecule has 21 heavy (non-hydrogen) atoms. The largest absolute Gasteiger partial charge is 0.491 e. The lowest BCUT2D eigenvalue weighted by Gasteiger charge is -2.10. The van der Waals surface area contributed by atoms with Gasteiger partial charge in [0.05, 0.1) is 12.4 Å². The number of hydrogen-bond acceptors (Lipinski definition) is 3. The predicted octanol–water partition coefficient (Wildman–Crippen LogP) is 2.49. The summed E-state index contributed by atoms with van der Waals surface area (Å²) in [6.07, 6.45) is 6.44. The number of benzene rings is 1. The first kappa shape index (κ1) is 15.1. The Morgan fingerprint density at radius 2 is 2.10 bits per heavy atom. The van der Waals surface area contributed by atoms with Crippen molar-refractivity contribution in [3.05, 3.63) is 48.5 Å². The molecule has 1 aromatic carbocycles. The van der Waals surface area contributed by atoms with Crippen molar-refractivity contribution in [3.8, 4) is 5.75 Å². The lowest BCUT2D eigenvalue weighted by Crippen LogP contribution is -2.25. The van der Waals surface area contributed by atoms with Gasteiger partial charge in [0.25, 0.3) is 5.91 Å². The standard InChI is InChI=1S/C16H21N3O2/c1-13(2)21-15-6-4-14(5-7-15)16(20)18-8-3-10-19-11-9-17-12-19/h4-7,9,11-13H,3,8,10H2,1-2H3,(H,18,20). The van der Waals surface area contributed by atoms with Gasteiger partial charge in [0.2, 0.25) is 0 Å². The molecule has 0 saturated heterocycles. The van der Waals surface area contributed by atoms with Gasteiger partial charge in [0, 0.05) is 31.0 Å². The van der Waals surface area contributed by atoms with Crippen molar-refractivity contribution in [2.24, 2.45) is 0 Å². The number of aryl methyl sites for hydroxylation is 1. The van der Waals surface area contributed by atoms with E-state index in [-0.39, 0.29) is 12.0 Å². The third-order valence-corrected chi connectivity index (χ3v) is 2.93. The molecule has 5 heteroatoms. The molecular weight excluding hydrogens is 266 g/mol. The first-order valence-electron chi connectivity index (χ1n) is 7.16. The molecule has 0 spiro atoms. The van der Waals surface area contributed by atoms with Crippen molar-refractivity contribution >= 4 is 5.91 Å². The molecule has 0 saturated carbocycles. The van der Waals surface area contributed by atoms with Crippen LogP contribution in [0.15, 0.2) is 43.0 Å². The van der Waals surface area contributed by atoms with Crippen molar-refractivity contribution in [3.63, 3.8) is 0 Å². The highest BCUT2D eigenvalue weighted by Crippen LogP contribution is 2.13. The molecule has 0 aliphatic carbocycles. The zero-order valence-electron chi connectivity index (χ0n) is 12.5. The van der Waals surface area contributed by atoms with Crippen LogP contribution >= 0.6 is 0 Å². The summed E-state index contributed by atoms with van der Waals surface area (Å²) in [4.78, 5) is 15.9. The maximum absolute atomic E-state index is 12.0. The van der Waals surface area contributed by atoms with Gasteiger partial charge in [-0.15, -0.1) is 0 Å². The molecule has 2 rings (SSSR count). The Morgan fingerprint density at radius 3 is 2.71 bits per heavy atom. The van der Waals surface area contributed by atoms with Crippen LogP contribution in [0.25, 0.3) is 0 Å². The lowest BCUT2D eigenvalue weighted by atomic mass is 10.2. The molecule has 0 fully saturated rings. The summed E-state index contributed by atoms with van der Waals surface area (Å²) in [5.41, 5.74) is 0.647. The lowest BCUT2D eigenvalue weighted by molar-refractivity contribution is 0.0952. The topological polar surface area (TPSA) is 56.1 Å². The molecule has 112 valence electrons. The van der Waals surface area contributed by atoms with Crippen molar-refractivity contribution in [1.29, 1.82) is 0 Å². The van der Waals surface area contributed by atoms with Crippen molar-refractivity contribution < 1.29 is 9.53 Å². The van der Waals surface area contributed by atoms with E-state index in [1.54, 1.807) is 24.7 Å². The molecule has 1 heterocycles. The molecule has 0 atom stereocenters. The SMILES string of the molecule is CC(C)Oc1ccc(C(=O)NCCCn2ccnc2)cc1. The van der Waals surface area contributed by atoms with Crippen LogP contribution in [-0.4, -0.2) is 28.1 Å². The first-order chi connectivity index (χ1) is 10.1. The van der Waals surface area contributed by atoms with Gasteiger partial charge < -0.3 is 14.6 Å². The minimum Gasteiger partial charge on any atom is -0.491 e. The van der Waals surface area contributed by atoms with Crippen LogP contribution in [0.1, 0.15) is 30.6 Å². The highest BCUT2D eigenvalue weighted by atomic mass is 16.5. The third kappa shape index (κ3) is 4.95. The van der Waals surface area contributed by atoms with Crippen LogP contribution in [0.3, 0.4) is 0 Å². The molecule has 1 aromatic heterocycles. The van der Waals surface area contributed by atoms with Gasteiger partial charge in [-0.2, -0.15) is 0 Å². The molecule has 1 amide bonds. The number of aromatic nitrogens is 2. The maximum atomic E-state index is 12.0. The molecule has 0 aliphatic heterocycles. The number of nitrogens with one attached hydrogen (secondary N) is 1. The first-order valence-corrected chi connectivity index (χ1v) is 7.16. The number of carbonyl (C=O) groups excluding carboxylic acids is 1. The number of ether oxygens (including phenoxy) is 1. The summed E-state index contributed by atoms with van der Waals surface area (Å²) in [5.74, 6) is 0.721. The van der Waals surface area contributed by atoms with Gasteiger partial charge in [-0.05, 0) is 44.5 Å². The predicted molar refractivity (Wildman–Crippen MR) is 81.4 cm³/mol. The average molecular weight is 287 g/mol. The second-order valence-electron chi connectivity index (χ2n) is 5.10. The fraction of sp³-hybridized carbons (Fsp3) is 0.375. The van der Waals surface area contributed by atoms with Crippen LogP contribution in [-0.2, 0) is 6.54 Å². The number of imidazole rings is 1. The van der Waals surface area contributed by atoms with E-state index in [4.69, 9.17) is 4.74 Å².